The molecule has 0 aliphatic carbocycles. The van der Waals surface area contributed by atoms with Gasteiger partial charge >= 0.3 is 0 Å². The minimum Gasteiger partial charge on any atom is -0.399 e. The largest absolute Gasteiger partial charge is 0.399 e. The maximum absolute atomic E-state index is 11.0. The van der Waals surface area contributed by atoms with Crippen molar-refractivity contribution in [3.63, 3.8) is 0 Å². The number of hydrogen-bond acceptors (Lipinski definition) is 3. The molecule has 0 saturated carbocycles. The van der Waals surface area contributed by atoms with Crippen LogP contribution in [0.3, 0.4) is 0 Å². The fourth-order valence-electron chi connectivity index (χ4n) is 1.02. The zero-order valence-corrected chi connectivity index (χ0v) is 8.01. The first kappa shape index (κ1) is 10.0. The lowest BCUT2D eigenvalue weighted by atomic mass is 10.0. The third-order valence-corrected chi connectivity index (χ3v) is 2.14. The van der Waals surface area contributed by atoms with Gasteiger partial charge in [0.05, 0.1) is 6.04 Å². The number of ketones is 1. The lowest BCUT2D eigenvalue weighted by molar-refractivity contribution is -0.118. The number of anilines is 1. The summed E-state index contributed by atoms with van der Waals surface area (Å²) in [6.45, 7) is 1.42. The Balaban J connectivity index is 3.12. The number of Topliss-reactive ketones (excluding diaryl/α,β-unsaturated/α-hetero) is 1. The van der Waals surface area contributed by atoms with Gasteiger partial charge in [-0.15, -0.1) is 0 Å². The van der Waals surface area contributed by atoms with Crippen LogP contribution < -0.4 is 11.5 Å². The highest BCUT2D eigenvalue weighted by Gasteiger charge is 2.14. The van der Waals surface area contributed by atoms with Gasteiger partial charge in [0.15, 0.2) is 5.78 Å². The Morgan fingerprint density at radius 2 is 2.15 bits per heavy atom. The van der Waals surface area contributed by atoms with Gasteiger partial charge in [-0.1, -0.05) is 11.6 Å². The van der Waals surface area contributed by atoms with Crippen LogP contribution in [-0.4, -0.2) is 5.78 Å². The number of hydrogen-bond donors (Lipinski definition) is 2. The molecule has 0 heterocycles. The number of carbonyl (C=O) groups excluding carboxylic acids is 1. The Bertz CT molecular complexity index is 338. The van der Waals surface area contributed by atoms with Crippen molar-refractivity contribution < 1.29 is 4.79 Å². The zero-order chi connectivity index (χ0) is 10.0. The third kappa shape index (κ3) is 2.20. The van der Waals surface area contributed by atoms with E-state index in [-0.39, 0.29) is 5.78 Å². The van der Waals surface area contributed by atoms with Gasteiger partial charge in [-0.25, -0.2) is 0 Å². The first-order valence-electron chi connectivity index (χ1n) is 3.83. The van der Waals surface area contributed by atoms with Gasteiger partial charge in [-0.2, -0.15) is 0 Å². The van der Waals surface area contributed by atoms with Crippen LogP contribution in [0.25, 0.3) is 0 Å². The summed E-state index contributed by atoms with van der Waals surface area (Å²) in [6, 6.07) is 4.23. The van der Waals surface area contributed by atoms with E-state index in [2.05, 4.69) is 0 Å². The topological polar surface area (TPSA) is 69.1 Å². The molecule has 4 heteroatoms. The van der Waals surface area contributed by atoms with Crippen molar-refractivity contribution in [2.45, 2.75) is 13.0 Å². The summed E-state index contributed by atoms with van der Waals surface area (Å²) in [7, 11) is 0. The number of carbonyl (C=O) groups is 1. The normalized spacial score (nSPS) is 12.5. The van der Waals surface area contributed by atoms with Crippen LogP contribution in [0.5, 0.6) is 0 Å². The minimum absolute atomic E-state index is 0.132. The monoisotopic (exact) mass is 198 g/mol. The van der Waals surface area contributed by atoms with E-state index >= 15 is 0 Å². The van der Waals surface area contributed by atoms with Gasteiger partial charge in [0.1, 0.15) is 0 Å². The number of nitrogen functional groups attached to an aromatic ring is 1. The summed E-state index contributed by atoms with van der Waals surface area (Å²) < 4.78 is 0. The maximum Gasteiger partial charge on any atom is 0.151 e. The molecular formula is C9H11ClN2O. The SMILES string of the molecule is CC(=O)C(N)c1cc(N)ccc1Cl. The minimum atomic E-state index is -0.684. The molecule has 0 fully saturated rings. The second-order valence-electron chi connectivity index (χ2n) is 2.87. The van der Waals surface area contributed by atoms with Gasteiger partial charge in [-0.05, 0) is 30.7 Å². The van der Waals surface area contributed by atoms with Gasteiger partial charge < -0.3 is 11.5 Å². The molecule has 0 aliphatic heterocycles. The maximum atomic E-state index is 11.0. The van der Waals surface area contributed by atoms with Crippen LogP contribution in [-0.2, 0) is 4.79 Å². The number of nitrogens with two attached hydrogens (primary N) is 2. The molecule has 0 bridgehead atoms. The van der Waals surface area contributed by atoms with Crippen molar-refractivity contribution in [3.05, 3.63) is 28.8 Å². The lowest BCUT2D eigenvalue weighted by Crippen LogP contribution is -2.19. The molecule has 1 aromatic carbocycles. The fourth-order valence-corrected chi connectivity index (χ4v) is 1.25. The quantitative estimate of drug-likeness (QED) is 0.708. The summed E-state index contributed by atoms with van der Waals surface area (Å²) in [5.41, 5.74) is 12.3. The standard InChI is InChI=1S/C9H11ClN2O/c1-5(13)9(12)7-4-6(11)2-3-8(7)10/h2-4,9H,11-12H2,1H3. The van der Waals surface area contributed by atoms with E-state index < -0.39 is 6.04 Å². The van der Waals surface area contributed by atoms with Crippen molar-refractivity contribution in [1.29, 1.82) is 0 Å². The van der Waals surface area contributed by atoms with E-state index in [1.165, 1.54) is 6.92 Å². The molecule has 4 N–H and O–H groups in total. The second-order valence-corrected chi connectivity index (χ2v) is 3.28. The summed E-state index contributed by atoms with van der Waals surface area (Å²) in [5.74, 6) is -0.132. The fraction of sp³-hybridized carbons (Fsp3) is 0.222. The van der Waals surface area contributed by atoms with E-state index in [1.807, 2.05) is 0 Å². The Labute approximate surface area is 81.7 Å². The van der Waals surface area contributed by atoms with E-state index in [0.29, 0.717) is 16.3 Å². The Kier molecular flexibility index (Phi) is 2.90. The highest BCUT2D eigenvalue weighted by atomic mass is 35.5. The highest BCUT2D eigenvalue weighted by Crippen LogP contribution is 2.24. The zero-order valence-electron chi connectivity index (χ0n) is 7.25. The molecule has 0 amide bonds. The van der Waals surface area contributed by atoms with Gasteiger partial charge in [0.25, 0.3) is 0 Å². The van der Waals surface area contributed by atoms with Crippen LogP contribution in [0.2, 0.25) is 5.02 Å². The van der Waals surface area contributed by atoms with Crippen molar-refractivity contribution in [1.82, 2.24) is 0 Å². The molecule has 0 aromatic heterocycles. The van der Waals surface area contributed by atoms with Crippen LogP contribution >= 0.6 is 11.6 Å². The molecular weight excluding hydrogens is 188 g/mol. The first-order valence-corrected chi connectivity index (χ1v) is 4.21. The van der Waals surface area contributed by atoms with Gasteiger partial charge in [0, 0.05) is 10.7 Å². The molecule has 0 spiro atoms. The van der Waals surface area contributed by atoms with Crippen molar-refractivity contribution >= 4 is 23.1 Å². The predicted octanol–water partition coefficient (Wildman–Crippen LogP) is 1.51. The van der Waals surface area contributed by atoms with E-state index in [4.69, 9.17) is 23.1 Å². The van der Waals surface area contributed by atoms with E-state index in [0.717, 1.165) is 0 Å². The molecule has 3 nitrogen and oxygen atoms in total. The molecule has 1 rings (SSSR count). The van der Waals surface area contributed by atoms with Gasteiger partial charge in [0.2, 0.25) is 0 Å². The first-order chi connectivity index (χ1) is 6.02. The molecule has 0 radical (unpaired) electrons. The summed E-state index contributed by atoms with van der Waals surface area (Å²) in [5, 5.41) is 0.469. The highest BCUT2D eigenvalue weighted by molar-refractivity contribution is 6.31. The van der Waals surface area contributed by atoms with Crippen molar-refractivity contribution in [3.8, 4) is 0 Å². The summed E-state index contributed by atoms with van der Waals surface area (Å²) in [6.07, 6.45) is 0. The Hall–Kier alpha value is -1.06. The van der Waals surface area contributed by atoms with Gasteiger partial charge in [-0.3, -0.25) is 4.79 Å². The average Bonchev–Trinajstić information content (AvgIpc) is 2.08. The number of rotatable bonds is 2. The van der Waals surface area contributed by atoms with E-state index in [1.54, 1.807) is 18.2 Å². The van der Waals surface area contributed by atoms with Crippen molar-refractivity contribution in [2.75, 3.05) is 5.73 Å². The molecule has 1 unspecified atom stereocenters. The smallest absolute Gasteiger partial charge is 0.151 e. The Morgan fingerprint density at radius 3 is 2.69 bits per heavy atom. The molecule has 70 valence electrons. The molecule has 0 saturated heterocycles. The summed E-state index contributed by atoms with van der Waals surface area (Å²) >= 11 is 5.85. The predicted molar refractivity (Wildman–Crippen MR) is 53.5 cm³/mol. The van der Waals surface area contributed by atoms with Crippen LogP contribution in [0.15, 0.2) is 18.2 Å². The van der Waals surface area contributed by atoms with Crippen molar-refractivity contribution in [2.24, 2.45) is 5.73 Å². The molecule has 0 aliphatic rings. The summed E-state index contributed by atoms with van der Waals surface area (Å²) in [4.78, 5) is 11.0. The molecule has 1 atom stereocenters. The Morgan fingerprint density at radius 1 is 1.54 bits per heavy atom. The van der Waals surface area contributed by atoms with E-state index in [9.17, 15) is 4.79 Å². The number of halogens is 1. The molecule has 13 heavy (non-hydrogen) atoms. The lowest BCUT2D eigenvalue weighted by Gasteiger charge is -2.10. The molecule has 1 aromatic rings. The average molecular weight is 199 g/mol. The second kappa shape index (κ2) is 3.77. The third-order valence-electron chi connectivity index (χ3n) is 1.79. The number of benzene rings is 1. The van der Waals surface area contributed by atoms with Crippen LogP contribution in [0.1, 0.15) is 18.5 Å². The van der Waals surface area contributed by atoms with Crippen LogP contribution in [0, 0.1) is 0 Å². The van der Waals surface area contributed by atoms with Crippen LogP contribution in [0.4, 0.5) is 5.69 Å².